The van der Waals surface area contributed by atoms with Crippen molar-refractivity contribution < 1.29 is 4.74 Å². The molecule has 1 aliphatic heterocycles. The highest BCUT2D eigenvalue weighted by atomic mass is 16.5. The molecule has 2 aromatic heterocycles. The Labute approximate surface area is 173 Å². The van der Waals surface area contributed by atoms with Gasteiger partial charge >= 0.3 is 0 Å². The summed E-state index contributed by atoms with van der Waals surface area (Å²) in [6.07, 6.45) is 3.33. The average molecular weight is 391 g/mol. The Bertz CT molecular complexity index is 982. The lowest BCUT2D eigenvalue weighted by Gasteiger charge is -2.20. The molecular weight excluding hydrogens is 360 g/mol. The minimum absolute atomic E-state index is 0.543. The predicted molar refractivity (Wildman–Crippen MR) is 118 cm³/mol. The van der Waals surface area contributed by atoms with Gasteiger partial charge in [-0.2, -0.15) is 0 Å². The molecule has 1 aliphatic rings. The SMILES string of the molecule is C=C(C)COc1ccc(-c2nc3cc(C)ccn3c2CN2CCCNCC2)cc1. The van der Waals surface area contributed by atoms with E-state index in [0.717, 1.165) is 61.0 Å². The van der Waals surface area contributed by atoms with Crippen molar-refractivity contribution in [2.45, 2.75) is 26.8 Å². The largest absolute Gasteiger partial charge is 0.489 e. The van der Waals surface area contributed by atoms with E-state index in [1.54, 1.807) is 0 Å². The smallest absolute Gasteiger partial charge is 0.137 e. The van der Waals surface area contributed by atoms with Gasteiger partial charge in [-0.25, -0.2) is 4.98 Å². The number of aromatic nitrogens is 2. The second-order valence-electron chi connectivity index (χ2n) is 7.99. The maximum Gasteiger partial charge on any atom is 0.137 e. The van der Waals surface area contributed by atoms with Crippen LogP contribution in [-0.4, -0.2) is 47.1 Å². The zero-order valence-electron chi connectivity index (χ0n) is 17.4. The number of ether oxygens (including phenoxy) is 1. The van der Waals surface area contributed by atoms with Crippen LogP contribution in [0.15, 0.2) is 54.7 Å². The van der Waals surface area contributed by atoms with Crippen LogP contribution in [0.2, 0.25) is 0 Å². The van der Waals surface area contributed by atoms with Gasteiger partial charge in [0.25, 0.3) is 0 Å². The molecule has 0 radical (unpaired) electrons. The Balaban J connectivity index is 1.67. The van der Waals surface area contributed by atoms with Gasteiger partial charge in [-0.05, 0) is 80.9 Å². The molecule has 152 valence electrons. The summed E-state index contributed by atoms with van der Waals surface area (Å²) in [5.74, 6) is 0.858. The Morgan fingerprint density at radius 2 is 2.00 bits per heavy atom. The first-order chi connectivity index (χ1) is 14.1. The molecule has 5 heteroatoms. The first-order valence-corrected chi connectivity index (χ1v) is 10.4. The molecule has 0 saturated carbocycles. The highest BCUT2D eigenvalue weighted by Crippen LogP contribution is 2.28. The predicted octanol–water partition coefficient (Wildman–Crippen LogP) is 4.06. The Hall–Kier alpha value is -2.63. The van der Waals surface area contributed by atoms with Crippen molar-refractivity contribution in [2.75, 3.05) is 32.8 Å². The van der Waals surface area contributed by atoms with Gasteiger partial charge in [0, 0.05) is 31.4 Å². The molecule has 1 aromatic carbocycles. The van der Waals surface area contributed by atoms with E-state index in [4.69, 9.17) is 9.72 Å². The topological polar surface area (TPSA) is 41.8 Å². The van der Waals surface area contributed by atoms with E-state index in [0.29, 0.717) is 6.61 Å². The fourth-order valence-electron chi connectivity index (χ4n) is 3.77. The van der Waals surface area contributed by atoms with Crippen LogP contribution in [0, 0.1) is 6.92 Å². The van der Waals surface area contributed by atoms with Gasteiger partial charge < -0.3 is 14.5 Å². The van der Waals surface area contributed by atoms with Crippen molar-refractivity contribution in [3.05, 3.63) is 66.0 Å². The van der Waals surface area contributed by atoms with Crippen molar-refractivity contribution in [2.24, 2.45) is 0 Å². The van der Waals surface area contributed by atoms with Crippen molar-refractivity contribution in [1.82, 2.24) is 19.6 Å². The molecule has 1 saturated heterocycles. The summed E-state index contributed by atoms with van der Waals surface area (Å²) in [5.41, 5.74) is 6.67. The Morgan fingerprint density at radius 3 is 2.79 bits per heavy atom. The first kappa shape index (κ1) is 19.7. The summed E-state index contributed by atoms with van der Waals surface area (Å²) in [7, 11) is 0. The number of hydrogen-bond donors (Lipinski definition) is 1. The van der Waals surface area contributed by atoms with E-state index in [1.165, 1.54) is 17.7 Å². The maximum atomic E-state index is 5.76. The molecular formula is C24H30N4O. The van der Waals surface area contributed by atoms with Crippen molar-refractivity contribution >= 4 is 5.65 Å². The standard InChI is InChI=1S/C24H30N4O/c1-18(2)17-29-21-7-5-20(6-8-21)24-22(16-27-12-4-10-25-11-14-27)28-13-9-19(3)15-23(28)26-24/h5-9,13,15,25H,1,4,10-12,14,16-17H2,2-3H3. The van der Waals surface area contributed by atoms with Gasteiger partial charge in [-0.3, -0.25) is 4.90 Å². The van der Waals surface area contributed by atoms with Crippen molar-refractivity contribution in [3.63, 3.8) is 0 Å². The van der Waals surface area contributed by atoms with Crippen LogP contribution in [-0.2, 0) is 6.54 Å². The molecule has 0 aliphatic carbocycles. The number of fused-ring (bicyclic) bond motifs is 1. The molecule has 29 heavy (non-hydrogen) atoms. The molecule has 1 N–H and O–H groups in total. The molecule has 5 nitrogen and oxygen atoms in total. The molecule has 0 unspecified atom stereocenters. The zero-order valence-corrected chi connectivity index (χ0v) is 17.4. The maximum absolute atomic E-state index is 5.76. The van der Waals surface area contributed by atoms with Gasteiger partial charge in [0.15, 0.2) is 0 Å². The summed E-state index contributed by atoms with van der Waals surface area (Å²) >= 11 is 0. The van der Waals surface area contributed by atoms with Crippen LogP contribution in [0.25, 0.3) is 16.9 Å². The lowest BCUT2D eigenvalue weighted by Crippen LogP contribution is -2.28. The van der Waals surface area contributed by atoms with Crippen LogP contribution in [0.4, 0.5) is 0 Å². The Kier molecular flexibility index (Phi) is 5.97. The summed E-state index contributed by atoms with van der Waals surface area (Å²) in [6, 6.07) is 12.6. The minimum atomic E-state index is 0.543. The van der Waals surface area contributed by atoms with Gasteiger partial charge in [0.2, 0.25) is 0 Å². The molecule has 4 rings (SSSR count). The van der Waals surface area contributed by atoms with Crippen LogP contribution < -0.4 is 10.1 Å². The average Bonchev–Trinajstić information content (AvgIpc) is 2.87. The van der Waals surface area contributed by atoms with Gasteiger partial charge in [-0.15, -0.1) is 0 Å². The molecule has 0 amide bonds. The molecule has 1 fully saturated rings. The number of benzene rings is 1. The van der Waals surface area contributed by atoms with Gasteiger partial charge in [-0.1, -0.05) is 6.58 Å². The number of rotatable bonds is 6. The first-order valence-electron chi connectivity index (χ1n) is 10.4. The number of hydrogen-bond acceptors (Lipinski definition) is 4. The van der Waals surface area contributed by atoms with E-state index in [-0.39, 0.29) is 0 Å². The van der Waals surface area contributed by atoms with Crippen LogP contribution in [0.3, 0.4) is 0 Å². The third-order valence-corrected chi connectivity index (χ3v) is 5.30. The fraction of sp³-hybridized carbons (Fsp3) is 0.375. The van der Waals surface area contributed by atoms with Crippen molar-refractivity contribution in [3.8, 4) is 17.0 Å². The van der Waals surface area contributed by atoms with Gasteiger partial charge in [0.05, 0.1) is 11.4 Å². The summed E-state index contributed by atoms with van der Waals surface area (Å²) < 4.78 is 8.00. The monoisotopic (exact) mass is 390 g/mol. The Morgan fingerprint density at radius 1 is 1.17 bits per heavy atom. The van der Waals surface area contributed by atoms with Crippen molar-refractivity contribution in [1.29, 1.82) is 0 Å². The summed E-state index contributed by atoms with van der Waals surface area (Å²) in [5, 5.41) is 3.49. The van der Waals surface area contributed by atoms with E-state index < -0.39 is 0 Å². The molecule has 3 aromatic rings. The summed E-state index contributed by atoms with van der Waals surface area (Å²) in [4.78, 5) is 7.53. The number of imidazole rings is 1. The number of pyridine rings is 1. The highest BCUT2D eigenvalue weighted by molar-refractivity contribution is 5.67. The van der Waals surface area contributed by atoms with E-state index in [9.17, 15) is 0 Å². The summed E-state index contributed by atoms with van der Waals surface area (Å²) in [6.45, 7) is 13.7. The number of nitrogens with zero attached hydrogens (tertiary/aromatic N) is 3. The fourth-order valence-corrected chi connectivity index (χ4v) is 3.77. The highest BCUT2D eigenvalue weighted by Gasteiger charge is 2.18. The number of nitrogens with one attached hydrogen (secondary N) is 1. The third kappa shape index (κ3) is 4.69. The molecule has 0 bridgehead atoms. The quantitative estimate of drug-likeness (QED) is 0.645. The second kappa shape index (κ2) is 8.80. The van der Waals surface area contributed by atoms with Crippen LogP contribution in [0.1, 0.15) is 24.6 Å². The van der Waals surface area contributed by atoms with Crippen LogP contribution >= 0.6 is 0 Å². The lowest BCUT2D eigenvalue weighted by molar-refractivity contribution is 0.281. The van der Waals surface area contributed by atoms with E-state index >= 15 is 0 Å². The minimum Gasteiger partial charge on any atom is -0.489 e. The second-order valence-corrected chi connectivity index (χ2v) is 7.99. The molecule has 0 spiro atoms. The number of aryl methyl sites for hydroxylation is 1. The molecule has 0 atom stereocenters. The molecule has 3 heterocycles. The van der Waals surface area contributed by atoms with E-state index in [1.807, 2.05) is 19.1 Å². The van der Waals surface area contributed by atoms with Gasteiger partial charge in [0.1, 0.15) is 18.0 Å². The zero-order chi connectivity index (χ0) is 20.2. The van der Waals surface area contributed by atoms with Crippen LogP contribution in [0.5, 0.6) is 5.75 Å². The van der Waals surface area contributed by atoms with E-state index in [2.05, 4.69) is 58.6 Å². The normalized spacial score (nSPS) is 15.4. The third-order valence-electron chi connectivity index (χ3n) is 5.30. The lowest BCUT2D eigenvalue weighted by atomic mass is 10.1.